The summed E-state index contributed by atoms with van der Waals surface area (Å²) in [4.78, 5) is 4.53. The SMILES string of the molecule is Cc1csc(CCC2CCC(C)CC2)n1. The van der Waals surface area contributed by atoms with Crippen LogP contribution in [0.4, 0.5) is 0 Å². The van der Waals surface area contributed by atoms with Crippen LogP contribution in [0.3, 0.4) is 0 Å². The molecule has 0 aliphatic heterocycles. The molecule has 0 radical (unpaired) electrons. The van der Waals surface area contributed by atoms with E-state index in [-0.39, 0.29) is 0 Å². The Morgan fingerprint density at radius 2 is 2.07 bits per heavy atom. The summed E-state index contributed by atoms with van der Waals surface area (Å²) in [6.07, 6.45) is 8.36. The van der Waals surface area contributed by atoms with Crippen molar-refractivity contribution in [3.05, 3.63) is 16.1 Å². The first-order valence-electron chi connectivity index (χ1n) is 6.15. The average Bonchev–Trinajstić information content (AvgIpc) is 2.64. The van der Waals surface area contributed by atoms with Gasteiger partial charge < -0.3 is 0 Å². The molecule has 0 aromatic carbocycles. The van der Waals surface area contributed by atoms with Crippen LogP contribution in [0, 0.1) is 18.8 Å². The Morgan fingerprint density at radius 1 is 1.33 bits per heavy atom. The van der Waals surface area contributed by atoms with E-state index in [1.807, 2.05) is 11.3 Å². The highest BCUT2D eigenvalue weighted by Crippen LogP contribution is 2.31. The normalized spacial score (nSPS) is 26.8. The maximum absolute atomic E-state index is 4.53. The van der Waals surface area contributed by atoms with E-state index in [1.54, 1.807) is 0 Å². The summed E-state index contributed by atoms with van der Waals surface area (Å²) in [5.74, 6) is 1.95. The average molecular weight is 223 g/mol. The second-order valence-electron chi connectivity index (χ2n) is 5.05. The van der Waals surface area contributed by atoms with Gasteiger partial charge in [-0.2, -0.15) is 0 Å². The molecule has 1 saturated carbocycles. The van der Waals surface area contributed by atoms with Crippen molar-refractivity contribution >= 4 is 11.3 Å². The first-order chi connectivity index (χ1) is 7.24. The van der Waals surface area contributed by atoms with Gasteiger partial charge in [0, 0.05) is 11.1 Å². The Bertz CT molecular complexity index is 297. The monoisotopic (exact) mass is 223 g/mol. The molecule has 1 aliphatic carbocycles. The molecule has 0 atom stereocenters. The minimum atomic E-state index is 0.975. The van der Waals surface area contributed by atoms with Crippen LogP contribution < -0.4 is 0 Å². The molecule has 1 heterocycles. The molecule has 0 saturated heterocycles. The molecule has 0 bridgehead atoms. The zero-order chi connectivity index (χ0) is 10.7. The number of hydrogen-bond donors (Lipinski definition) is 0. The summed E-state index contributed by atoms with van der Waals surface area (Å²) in [6, 6.07) is 0. The molecule has 0 unspecified atom stereocenters. The molecule has 1 aromatic rings. The Balaban J connectivity index is 1.74. The molecule has 2 heteroatoms. The molecule has 84 valence electrons. The van der Waals surface area contributed by atoms with Gasteiger partial charge in [0.1, 0.15) is 0 Å². The first kappa shape index (κ1) is 11.1. The van der Waals surface area contributed by atoms with Gasteiger partial charge in [-0.05, 0) is 31.6 Å². The van der Waals surface area contributed by atoms with Crippen LogP contribution in [0.1, 0.15) is 49.7 Å². The summed E-state index contributed by atoms with van der Waals surface area (Å²) in [7, 11) is 0. The number of aryl methyl sites for hydroxylation is 2. The van der Waals surface area contributed by atoms with Crippen molar-refractivity contribution in [1.29, 1.82) is 0 Å². The highest BCUT2D eigenvalue weighted by atomic mass is 32.1. The molecular weight excluding hydrogens is 202 g/mol. The van der Waals surface area contributed by atoms with Crippen molar-refractivity contribution in [2.45, 2.75) is 52.4 Å². The quantitative estimate of drug-likeness (QED) is 0.748. The van der Waals surface area contributed by atoms with Crippen molar-refractivity contribution < 1.29 is 0 Å². The van der Waals surface area contributed by atoms with Gasteiger partial charge in [0.25, 0.3) is 0 Å². The van der Waals surface area contributed by atoms with Gasteiger partial charge in [-0.15, -0.1) is 11.3 Å². The van der Waals surface area contributed by atoms with Gasteiger partial charge in [-0.3, -0.25) is 0 Å². The summed E-state index contributed by atoms with van der Waals surface area (Å²) in [5, 5.41) is 3.50. The Kier molecular flexibility index (Phi) is 3.79. The number of nitrogens with zero attached hydrogens (tertiary/aromatic N) is 1. The fraction of sp³-hybridized carbons (Fsp3) is 0.769. The fourth-order valence-electron chi connectivity index (χ4n) is 2.46. The Labute approximate surface area is 96.9 Å². The zero-order valence-corrected chi connectivity index (χ0v) is 10.6. The summed E-state index contributed by atoms with van der Waals surface area (Å²) < 4.78 is 0. The molecule has 0 N–H and O–H groups in total. The van der Waals surface area contributed by atoms with Gasteiger partial charge in [-0.25, -0.2) is 4.98 Å². The van der Waals surface area contributed by atoms with Crippen molar-refractivity contribution in [3.8, 4) is 0 Å². The molecule has 15 heavy (non-hydrogen) atoms. The Morgan fingerprint density at radius 3 is 2.67 bits per heavy atom. The standard InChI is InChI=1S/C13H21NS/c1-10-3-5-12(6-4-10)7-8-13-14-11(2)9-15-13/h9-10,12H,3-8H2,1-2H3. The van der Waals surface area contributed by atoms with Crippen LogP contribution in [0.15, 0.2) is 5.38 Å². The van der Waals surface area contributed by atoms with Gasteiger partial charge >= 0.3 is 0 Å². The lowest BCUT2D eigenvalue weighted by Crippen LogP contribution is -2.12. The highest BCUT2D eigenvalue weighted by Gasteiger charge is 2.18. The molecule has 2 rings (SSSR count). The molecule has 0 spiro atoms. The third-order valence-electron chi connectivity index (χ3n) is 3.57. The highest BCUT2D eigenvalue weighted by molar-refractivity contribution is 7.09. The molecule has 1 nitrogen and oxygen atoms in total. The predicted octanol–water partition coefficient (Wildman–Crippen LogP) is 4.21. The van der Waals surface area contributed by atoms with E-state index >= 15 is 0 Å². The minimum absolute atomic E-state index is 0.975. The molecule has 1 fully saturated rings. The van der Waals surface area contributed by atoms with Crippen LogP contribution in [0.5, 0.6) is 0 Å². The number of rotatable bonds is 3. The lowest BCUT2D eigenvalue weighted by Gasteiger charge is -2.25. The van der Waals surface area contributed by atoms with Gasteiger partial charge in [0.2, 0.25) is 0 Å². The third-order valence-corrected chi connectivity index (χ3v) is 4.59. The minimum Gasteiger partial charge on any atom is -0.247 e. The predicted molar refractivity (Wildman–Crippen MR) is 66.3 cm³/mol. The van der Waals surface area contributed by atoms with Crippen molar-refractivity contribution in [2.75, 3.05) is 0 Å². The van der Waals surface area contributed by atoms with Crippen LogP contribution in [-0.2, 0) is 6.42 Å². The van der Waals surface area contributed by atoms with E-state index < -0.39 is 0 Å². The van der Waals surface area contributed by atoms with Crippen molar-refractivity contribution in [1.82, 2.24) is 4.98 Å². The van der Waals surface area contributed by atoms with Gasteiger partial charge in [-0.1, -0.05) is 32.6 Å². The Hall–Kier alpha value is -0.370. The smallest absolute Gasteiger partial charge is 0.0928 e. The van der Waals surface area contributed by atoms with E-state index in [0.717, 1.165) is 11.8 Å². The van der Waals surface area contributed by atoms with E-state index in [9.17, 15) is 0 Å². The molecule has 1 aliphatic rings. The fourth-order valence-corrected chi connectivity index (χ4v) is 3.25. The number of hydrogen-bond acceptors (Lipinski definition) is 2. The van der Waals surface area contributed by atoms with Crippen molar-refractivity contribution in [3.63, 3.8) is 0 Å². The van der Waals surface area contributed by atoms with Crippen LogP contribution >= 0.6 is 11.3 Å². The lowest BCUT2D eigenvalue weighted by molar-refractivity contribution is 0.277. The summed E-state index contributed by atoms with van der Waals surface area (Å²) in [5.41, 5.74) is 1.19. The first-order valence-corrected chi connectivity index (χ1v) is 7.03. The van der Waals surface area contributed by atoms with E-state index in [1.165, 1.54) is 49.2 Å². The van der Waals surface area contributed by atoms with E-state index in [4.69, 9.17) is 0 Å². The molecule has 1 aromatic heterocycles. The van der Waals surface area contributed by atoms with Crippen molar-refractivity contribution in [2.24, 2.45) is 11.8 Å². The van der Waals surface area contributed by atoms with Crippen LogP contribution in [0.25, 0.3) is 0 Å². The second-order valence-corrected chi connectivity index (χ2v) is 5.99. The van der Waals surface area contributed by atoms with Crippen LogP contribution in [-0.4, -0.2) is 4.98 Å². The maximum atomic E-state index is 4.53. The molecular formula is C13H21NS. The topological polar surface area (TPSA) is 12.9 Å². The summed E-state index contributed by atoms with van der Waals surface area (Å²) >= 11 is 1.83. The van der Waals surface area contributed by atoms with Gasteiger partial charge in [0.05, 0.1) is 5.01 Å². The van der Waals surface area contributed by atoms with Crippen LogP contribution in [0.2, 0.25) is 0 Å². The third kappa shape index (κ3) is 3.30. The lowest BCUT2D eigenvalue weighted by atomic mass is 9.81. The number of thiazole rings is 1. The van der Waals surface area contributed by atoms with E-state index in [0.29, 0.717) is 0 Å². The number of aromatic nitrogens is 1. The second kappa shape index (κ2) is 5.11. The van der Waals surface area contributed by atoms with E-state index in [2.05, 4.69) is 24.2 Å². The zero-order valence-electron chi connectivity index (χ0n) is 9.83. The maximum Gasteiger partial charge on any atom is 0.0928 e. The van der Waals surface area contributed by atoms with Gasteiger partial charge in [0.15, 0.2) is 0 Å². The summed E-state index contributed by atoms with van der Waals surface area (Å²) in [6.45, 7) is 4.47. The molecule has 0 amide bonds. The largest absolute Gasteiger partial charge is 0.247 e.